The first-order chi connectivity index (χ1) is 8.24. The topological polar surface area (TPSA) is 51.0 Å². The van der Waals surface area contributed by atoms with Gasteiger partial charge in [-0.15, -0.1) is 0 Å². The first kappa shape index (κ1) is 12.6. The fourth-order valence-electron chi connectivity index (χ4n) is 2.69. The SMILES string of the molecule is Cc1noc(CCNCC2CCCC(C)C2)n1. The van der Waals surface area contributed by atoms with E-state index in [1.165, 1.54) is 25.7 Å². The third kappa shape index (κ3) is 4.11. The van der Waals surface area contributed by atoms with Crippen molar-refractivity contribution in [2.45, 2.75) is 46.0 Å². The van der Waals surface area contributed by atoms with Crippen LogP contribution < -0.4 is 5.32 Å². The van der Waals surface area contributed by atoms with E-state index in [4.69, 9.17) is 4.52 Å². The third-order valence-corrected chi connectivity index (χ3v) is 3.56. The van der Waals surface area contributed by atoms with Crippen LogP contribution >= 0.6 is 0 Å². The zero-order chi connectivity index (χ0) is 12.1. The molecule has 1 aromatic rings. The highest BCUT2D eigenvalue weighted by molar-refractivity contribution is 4.83. The lowest BCUT2D eigenvalue weighted by molar-refractivity contribution is 0.273. The lowest BCUT2D eigenvalue weighted by Gasteiger charge is -2.26. The summed E-state index contributed by atoms with van der Waals surface area (Å²) in [4.78, 5) is 4.19. The van der Waals surface area contributed by atoms with E-state index in [0.29, 0.717) is 0 Å². The number of aryl methyl sites for hydroxylation is 1. The molecule has 17 heavy (non-hydrogen) atoms. The van der Waals surface area contributed by atoms with Crippen LogP contribution in [-0.4, -0.2) is 23.2 Å². The van der Waals surface area contributed by atoms with Crippen LogP contribution in [-0.2, 0) is 6.42 Å². The molecule has 2 rings (SSSR count). The molecule has 1 aliphatic carbocycles. The summed E-state index contributed by atoms with van der Waals surface area (Å²) in [7, 11) is 0. The second-order valence-corrected chi connectivity index (χ2v) is 5.33. The first-order valence-corrected chi connectivity index (χ1v) is 6.74. The summed E-state index contributed by atoms with van der Waals surface area (Å²) in [6.45, 7) is 6.29. The Balaban J connectivity index is 1.59. The van der Waals surface area contributed by atoms with E-state index in [1.54, 1.807) is 0 Å². The van der Waals surface area contributed by atoms with Crippen LogP contribution in [0.5, 0.6) is 0 Å². The lowest BCUT2D eigenvalue weighted by Crippen LogP contribution is -2.28. The quantitative estimate of drug-likeness (QED) is 0.799. The Hall–Kier alpha value is -0.900. The van der Waals surface area contributed by atoms with Gasteiger partial charge in [0.25, 0.3) is 0 Å². The summed E-state index contributed by atoms with van der Waals surface area (Å²) in [5.74, 6) is 3.24. The normalized spacial score (nSPS) is 25.1. The van der Waals surface area contributed by atoms with Crippen molar-refractivity contribution >= 4 is 0 Å². The minimum atomic E-state index is 0.723. The van der Waals surface area contributed by atoms with Gasteiger partial charge < -0.3 is 9.84 Å². The molecule has 4 heteroatoms. The van der Waals surface area contributed by atoms with Gasteiger partial charge >= 0.3 is 0 Å². The Bertz CT molecular complexity index is 337. The van der Waals surface area contributed by atoms with Crippen molar-refractivity contribution in [2.75, 3.05) is 13.1 Å². The van der Waals surface area contributed by atoms with Crippen LogP contribution in [0.4, 0.5) is 0 Å². The molecule has 1 fully saturated rings. The Morgan fingerprint density at radius 1 is 1.41 bits per heavy atom. The zero-order valence-corrected chi connectivity index (χ0v) is 10.9. The lowest BCUT2D eigenvalue weighted by atomic mass is 9.82. The molecule has 0 spiro atoms. The molecule has 0 bridgehead atoms. The predicted octanol–water partition coefficient (Wildman–Crippen LogP) is 2.34. The van der Waals surface area contributed by atoms with Crippen LogP contribution in [0.2, 0.25) is 0 Å². The second kappa shape index (κ2) is 6.15. The molecule has 0 radical (unpaired) electrons. The molecule has 0 aliphatic heterocycles. The number of hydrogen-bond acceptors (Lipinski definition) is 4. The number of nitrogens with zero attached hydrogens (tertiary/aromatic N) is 2. The van der Waals surface area contributed by atoms with E-state index < -0.39 is 0 Å². The Kier molecular flexibility index (Phi) is 4.54. The predicted molar refractivity (Wildman–Crippen MR) is 66.7 cm³/mol. The first-order valence-electron chi connectivity index (χ1n) is 6.74. The number of hydrogen-bond donors (Lipinski definition) is 1. The zero-order valence-electron chi connectivity index (χ0n) is 10.9. The van der Waals surface area contributed by atoms with Gasteiger partial charge in [0.1, 0.15) is 0 Å². The highest BCUT2D eigenvalue weighted by Gasteiger charge is 2.18. The van der Waals surface area contributed by atoms with Crippen molar-refractivity contribution in [2.24, 2.45) is 11.8 Å². The van der Waals surface area contributed by atoms with Crippen molar-refractivity contribution in [3.63, 3.8) is 0 Å². The summed E-state index contributed by atoms with van der Waals surface area (Å²) in [5.41, 5.74) is 0. The molecule has 1 aromatic heterocycles. The molecule has 1 N–H and O–H groups in total. The van der Waals surface area contributed by atoms with Gasteiger partial charge in [-0.25, -0.2) is 0 Å². The van der Waals surface area contributed by atoms with Gasteiger partial charge in [0.15, 0.2) is 5.82 Å². The molecule has 1 heterocycles. The molecule has 0 amide bonds. The molecular formula is C13H23N3O. The average molecular weight is 237 g/mol. The van der Waals surface area contributed by atoms with Gasteiger partial charge in [0.05, 0.1) is 0 Å². The van der Waals surface area contributed by atoms with Crippen molar-refractivity contribution < 1.29 is 4.52 Å². The van der Waals surface area contributed by atoms with E-state index >= 15 is 0 Å². The molecule has 0 aromatic carbocycles. The standard InChI is InChI=1S/C13H23N3O/c1-10-4-3-5-12(8-10)9-14-7-6-13-15-11(2)16-17-13/h10,12,14H,3-9H2,1-2H3. The van der Waals surface area contributed by atoms with Gasteiger partial charge in [-0.3, -0.25) is 0 Å². The van der Waals surface area contributed by atoms with E-state index in [2.05, 4.69) is 22.4 Å². The maximum absolute atomic E-state index is 5.07. The van der Waals surface area contributed by atoms with Gasteiger partial charge in [-0.1, -0.05) is 24.9 Å². The Morgan fingerprint density at radius 3 is 3.00 bits per heavy atom. The Labute approximate surface area is 103 Å². The van der Waals surface area contributed by atoms with Crippen molar-refractivity contribution in [1.82, 2.24) is 15.5 Å². The molecule has 2 unspecified atom stereocenters. The van der Waals surface area contributed by atoms with E-state index in [0.717, 1.165) is 43.1 Å². The molecule has 2 atom stereocenters. The smallest absolute Gasteiger partial charge is 0.227 e. The third-order valence-electron chi connectivity index (χ3n) is 3.56. The summed E-state index contributed by atoms with van der Waals surface area (Å²) in [6.07, 6.45) is 6.42. The summed E-state index contributed by atoms with van der Waals surface area (Å²) in [6, 6.07) is 0. The van der Waals surface area contributed by atoms with Crippen molar-refractivity contribution in [3.05, 3.63) is 11.7 Å². The Morgan fingerprint density at radius 2 is 2.29 bits per heavy atom. The van der Waals surface area contributed by atoms with Gasteiger partial charge in [-0.05, 0) is 38.1 Å². The van der Waals surface area contributed by atoms with Crippen molar-refractivity contribution in [1.29, 1.82) is 0 Å². The largest absolute Gasteiger partial charge is 0.339 e. The van der Waals surface area contributed by atoms with Crippen molar-refractivity contribution in [3.8, 4) is 0 Å². The minimum Gasteiger partial charge on any atom is -0.339 e. The monoisotopic (exact) mass is 237 g/mol. The highest BCUT2D eigenvalue weighted by atomic mass is 16.5. The number of rotatable bonds is 5. The molecule has 1 aliphatic rings. The van der Waals surface area contributed by atoms with Crippen LogP contribution in [0.3, 0.4) is 0 Å². The van der Waals surface area contributed by atoms with Crippen LogP contribution in [0, 0.1) is 18.8 Å². The summed E-state index contributed by atoms with van der Waals surface area (Å²) in [5, 5.41) is 7.29. The maximum Gasteiger partial charge on any atom is 0.227 e. The minimum absolute atomic E-state index is 0.723. The molecule has 0 saturated heterocycles. The van der Waals surface area contributed by atoms with Gasteiger partial charge in [0.2, 0.25) is 5.89 Å². The summed E-state index contributed by atoms with van der Waals surface area (Å²) < 4.78 is 5.07. The van der Waals surface area contributed by atoms with Crippen LogP contribution in [0.25, 0.3) is 0 Å². The van der Waals surface area contributed by atoms with Crippen LogP contribution in [0.1, 0.15) is 44.3 Å². The molecule has 4 nitrogen and oxygen atoms in total. The number of nitrogens with one attached hydrogen (secondary N) is 1. The number of aromatic nitrogens is 2. The molecule has 96 valence electrons. The van der Waals surface area contributed by atoms with Crippen LogP contribution in [0.15, 0.2) is 4.52 Å². The highest BCUT2D eigenvalue weighted by Crippen LogP contribution is 2.27. The van der Waals surface area contributed by atoms with E-state index in [1.807, 2.05) is 6.92 Å². The maximum atomic E-state index is 5.07. The van der Waals surface area contributed by atoms with E-state index in [-0.39, 0.29) is 0 Å². The average Bonchev–Trinajstić information content (AvgIpc) is 2.71. The van der Waals surface area contributed by atoms with Gasteiger partial charge in [-0.2, -0.15) is 4.98 Å². The fraction of sp³-hybridized carbons (Fsp3) is 0.846. The fourth-order valence-corrected chi connectivity index (χ4v) is 2.69. The van der Waals surface area contributed by atoms with E-state index in [9.17, 15) is 0 Å². The second-order valence-electron chi connectivity index (χ2n) is 5.33. The summed E-state index contributed by atoms with van der Waals surface area (Å²) >= 11 is 0. The van der Waals surface area contributed by atoms with Gasteiger partial charge in [0, 0.05) is 13.0 Å². The molecule has 1 saturated carbocycles. The molecular weight excluding hydrogens is 214 g/mol.